The number of carbonyl (C=O) groups excluding carboxylic acids is 1. The highest BCUT2D eigenvalue weighted by molar-refractivity contribution is 6.07. The van der Waals surface area contributed by atoms with E-state index in [1.807, 2.05) is 24.3 Å². The lowest BCUT2D eigenvalue weighted by Crippen LogP contribution is -2.27. The number of carboxylic acid groups (broad SMARTS) is 1. The highest BCUT2D eigenvalue weighted by Crippen LogP contribution is 2.23. The Bertz CT molecular complexity index is 715. The molecule has 24 heavy (non-hydrogen) atoms. The van der Waals surface area contributed by atoms with Gasteiger partial charge in [0, 0.05) is 18.3 Å². The second kappa shape index (κ2) is 7.81. The van der Waals surface area contributed by atoms with Crippen molar-refractivity contribution in [1.82, 2.24) is 0 Å². The minimum atomic E-state index is -1.03. The van der Waals surface area contributed by atoms with Crippen molar-refractivity contribution in [3.63, 3.8) is 0 Å². The van der Waals surface area contributed by atoms with Crippen molar-refractivity contribution < 1.29 is 19.1 Å². The van der Waals surface area contributed by atoms with Crippen molar-refractivity contribution in [2.24, 2.45) is 0 Å². The molecular formula is C19H23NO4. The van der Waals surface area contributed by atoms with Gasteiger partial charge in [-0.3, -0.25) is 9.59 Å². The van der Waals surface area contributed by atoms with Crippen LogP contribution in [-0.4, -0.2) is 24.0 Å². The molecule has 0 saturated carbocycles. The molecule has 0 atom stereocenters. The smallest absolute Gasteiger partial charge is 0.311 e. The Kier molecular flexibility index (Phi) is 5.79. The predicted molar refractivity (Wildman–Crippen MR) is 92.6 cm³/mol. The van der Waals surface area contributed by atoms with Gasteiger partial charge >= 0.3 is 5.97 Å². The SMILES string of the molecule is CCCCc1ccc(N(C)C(=O)c2c(C)coc2CC(=O)O)cc1. The number of nitrogens with zero attached hydrogens (tertiary/aromatic N) is 1. The summed E-state index contributed by atoms with van der Waals surface area (Å²) in [5.41, 5.74) is 2.98. The molecule has 1 N–H and O–H groups in total. The van der Waals surface area contributed by atoms with E-state index in [1.54, 1.807) is 14.0 Å². The minimum absolute atomic E-state index is 0.191. The fraction of sp³-hybridized carbons (Fsp3) is 0.368. The Hall–Kier alpha value is -2.56. The van der Waals surface area contributed by atoms with E-state index >= 15 is 0 Å². The first-order valence-electron chi connectivity index (χ1n) is 8.09. The second-order valence-corrected chi connectivity index (χ2v) is 5.92. The second-order valence-electron chi connectivity index (χ2n) is 5.92. The van der Waals surface area contributed by atoms with Crippen LogP contribution in [-0.2, 0) is 17.6 Å². The van der Waals surface area contributed by atoms with E-state index in [9.17, 15) is 9.59 Å². The molecular weight excluding hydrogens is 306 g/mol. The molecule has 0 spiro atoms. The zero-order chi connectivity index (χ0) is 17.7. The van der Waals surface area contributed by atoms with Crippen LogP contribution in [0.2, 0.25) is 0 Å². The van der Waals surface area contributed by atoms with Crippen molar-refractivity contribution in [3.8, 4) is 0 Å². The van der Waals surface area contributed by atoms with Gasteiger partial charge < -0.3 is 14.4 Å². The van der Waals surface area contributed by atoms with E-state index in [1.165, 1.54) is 16.7 Å². The predicted octanol–water partition coefficient (Wildman–Crippen LogP) is 3.83. The molecule has 0 unspecified atom stereocenters. The number of benzene rings is 1. The Morgan fingerprint density at radius 3 is 2.46 bits per heavy atom. The number of anilines is 1. The van der Waals surface area contributed by atoms with Crippen molar-refractivity contribution >= 4 is 17.6 Å². The zero-order valence-electron chi connectivity index (χ0n) is 14.3. The molecule has 0 aliphatic carbocycles. The molecule has 128 valence electrons. The lowest BCUT2D eigenvalue weighted by atomic mass is 10.1. The fourth-order valence-electron chi connectivity index (χ4n) is 2.60. The average Bonchev–Trinajstić information content (AvgIpc) is 2.91. The number of aryl methyl sites for hydroxylation is 2. The van der Waals surface area contributed by atoms with Gasteiger partial charge in [-0.25, -0.2) is 0 Å². The van der Waals surface area contributed by atoms with E-state index in [0.29, 0.717) is 11.1 Å². The summed E-state index contributed by atoms with van der Waals surface area (Å²) in [5, 5.41) is 8.95. The maximum atomic E-state index is 12.8. The van der Waals surface area contributed by atoms with Gasteiger partial charge in [0.2, 0.25) is 0 Å². The maximum absolute atomic E-state index is 12.8. The van der Waals surface area contributed by atoms with Gasteiger partial charge in [-0.1, -0.05) is 25.5 Å². The lowest BCUT2D eigenvalue weighted by Gasteiger charge is -2.18. The van der Waals surface area contributed by atoms with E-state index < -0.39 is 5.97 Å². The van der Waals surface area contributed by atoms with E-state index in [4.69, 9.17) is 9.52 Å². The quantitative estimate of drug-likeness (QED) is 0.838. The summed E-state index contributed by atoms with van der Waals surface area (Å²) >= 11 is 0. The summed E-state index contributed by atoms with van der Waals surface area (Å²) in [6, 6.07) is 7.87. The summed E-state index contributed by atoms with van der Waals surface area (Å²) in [7, 11) is 1.68. The summed E-state index contributed by atoms with van der Waals surface area (Å²) in [4.78, 5) is 25.2. The zero-order valence-corrected chi connectivity index (χ0v) is 14.3. The molecule has 0 bridgehead atoms. The maximum Gasteiger partial charge on any atom is 0.311 e. The third-order valence-electron chi connectivity index (χ3n) is 4.02. The molecule has 1 aromatic heterocycles. The average molecular weight is 329 g/mol. The number of carboxylic acids is 1. The van der Waals surface area contributed by atoms with Gasteiger partial charge in [0.1, 0.15) is 12.2 Å². The highest BCUT2D eigenvalue weighted by Gasteiger charge is 2.24. The van der Waals surface area contributed by atoms with Gasteiger partial charge in [-0.15, -0.1) is 0 Å². The third kappa shape index (κ3) is 4.04. The fourth-order valence-corrected chi connectivity index (χ4v) is 2.60. The molecule has 0 saturated heterocycles. The Morgan fingerprint density at radius 1 is 1.21 bits per heavy atom. The molecule has 2 aromatic rings. The van der Waals surface area contributed by atoms with Gasteiger partial charge in [-0.2, -0.15) is 0 Å². The first kappa shape index (κ1) is 17.8. The lowest BCUT2D eigenvalue weighted by molar-refractivity contribution is -0.136. The van der Waals surface area contributed by atoms with Crippen LogP contribution in [0.15, 0.2) is 34.9 Å². The van der Waals surface area contributed by atoms with Crippen LogP contribution in [0.1, 0.15) is 47.0 Å². The Balaban J connectivity index is 2.20. The molecule has 1 aromatic carbocycles. The van der Waals surface area contributed by atoms with Gasteiger partial charge in [-0.05, 0) is 37.5 Å². The molecule has 0 fully saturated rings. The number of furan rings is 1. The van der Waals surface area contributed by atoms with Gasteiger partial charge in [0.25, 0.3) is 5.91 Å². The van der Waals surface area contributed by atoms with Crippen LogP contribution >= 0.6 is 0 Å². The Labute approximate surface area is 141 Å². The number of aliphatic carboxylic acids is 1. The van der Waals surface area contributed by atoms with E-state index in [-0.39, 0.29) is 18.1 Å². The summed E-state index contributed by atoms with van der Waals surface area (Å²) < 4.78 is 5.25. The van der Waals surface area contributed by atoms with Crippen LogP contribution in [0.3, 0.4) is 0 Å². The summed E-state index contributed by atoms with van der Waals surface area (Å²) in [6.07, 6.45) is 4.43. The molecule has 5 heteroatoms. The molecule has 0 radical (unpaired) electrons. The molecule has 0 aliphatic rings. The third-order valence-corrected chi connectivity index (χ3v) is 4.02. The van der Waals surface area contributed by atoms with Gasteiger partial charge in [0.15, 0.2) is 0 Å². The van der Waals surface area contributed by atoms with Crippen molar-refractivity contribution in [2.75, 3.05) is 11.9 Å². The van der Waals surface area contributed by atoms with Crippen molar-refractivity contribution in [3.05, 3.63) is 53.0 Å². The molecule has 2 rings (SSSR count). The summed E-state index contributed by atoms with van der Waals surface area (Å²) in [6.45, 7) is 3.90. The molecule has 5 nitrogen and oxygen atoms in total. The number of rotatable bonds is 7. The topological polar surface area (TPSA) is 70.8 Å². The van der Waals surface area contributed by atoms with E-state index in [0.717, 1.165) is 24.9 Å². The first-order chi connectivity index (χ1) is 11.4. The molecule has 1 amide bonds. The highest BCUT2D eigenvalue weighted by atomic mass is 16.4. The normalized spacial score (nSPS) is 10.6. The van der Waals surface area contributed by atoms with Crippen LogP contribution < -0.4 is 4.90 Å². The minimum Gasteiger partial charge on any atom is -0.481 e. The largest absolute Gasteiger partial charge is 0.481 e. The van der Waals surface area contributed by atoms with Gasteiger partial charge in [0.05, 0.1) is 11.8 Å². The molecule has 1 heterocycles. The van der Waals surface area contributed by atoms with Crippen molar-refractivity contribution in [2.45, 2.75) is 39.5 Å². The number of carbonyl (C=O) groups is 2. The first-order valence-corrected chi connectivity index (χ1v) is 8.09. The number of unbranched alkanes of at least 4 members (excludes halogenated alkanes) is 1. The summed E-state index contributed by atoms with van der Waals surface area (Å²) in [5.74, 6) is -1.10. The van der Waals surface area contributed by atoms with Crippen LogP contribution in [0.25, 0.3) is 0 Å². The monoisotopic (exact) mass is 329 g/mol. The van der Waals surface area contributed by atoms with Crippen LogP contribution in [0.5, 0.6) is 0 Å². The van der Waals surface area contributed by atoms with Crippen molar-refractivity contribution in [1.29, 1.82) is 0 Å². The van der Waals surface area contributed by atoms with E-state index in [2.05, 4.69) is 6.92 Å². The number of amides is 1. The molecule has 0 aliphatic heterocycles. The Morgan fingerprint density at radius 2 is 1.88 bits per heavy atom. The standard InChI is InChI=1S/C19H23NO4/c1-4-5-6-14-7-9-15(10-8-14)20(3)19(23)18-13(2)12-24-16(18)11-17(21)22/h7-10,12H,4-6,11H2,1-3H3,(H,21,22). The number of hydrogen-bond acceptors (Lipinski definition) is 3. The van der Waals surface area contributed by atoms with Crippen LogP contribution in [0.4, 0.5) is 5.69 Å². The van der Waals surface area contributed by atoms with Crippen LogP contribution in [0, 0.1) is 6.92 Å². The number of hydrogen-bond donors (Lipinski definition) is 1.